The summed E-state index contributed by atoms with van der Waals surface area (Å²) < 4.78 is 4.33. The highest BCUT2D eigenvalue weighted by atomic mass is 79.9. The Balaban J connectivity index is 1.59. The van der Waals surface area contributed by atoms with Crippen LogP contribution >= 0.6 is 15.9 Å². The standard InChI is InChI=1S/C26H21BrN4O/c1-2-6-25-29-24-13-11-20(27)16-23(24)26(32)31(25)28-17-22-9-5-14-30(22)21-12-10-18-7-3-4-8-19(18)15-21/h3-5,7-17H,2,6H2,1H3. The van der Waals surface area contributed by atoms with Gasteiger partial charge in [0.05, 0.1) is 22.8 Å². The third-order valence-electron chi connectivity index (χ3n) is 5.45. The molecule has 0 N–H and O–H groups in total. The number of aromatic nitrogens is 3. The molecule has 0 saturated heterocycles. The van der Waals surface area contributed by atoms with Crippen LogP contribution in [0, 0.1) is 0 Å². The van der Waals surface area contributed by atoms with Gasteiger partial charge in [-0.2, -0.15) is 9.78 Å². The molecule has 6 heteroatoms. The summed E-state index contributed by atoms with van der Waals surface area (Å²) in [5, 5.41) is 7.49. The highest BCUT2D eigenvalue weighted by Crippen LogP contribution is 2.20. The Morgan fingerprint density at radius 3 is 2.69 bits per heavy atom. The van der Waals surface area contributed by atoms with E-state index in [0.717, 1.165) is 22.3 Å². The van der Waals surface area contributed by atoms with Gasteiger partial charge in [0, 0.05) is 22.8 Å². The van der Waals surface area contributed by atoms with E-state index in [1.807, 2.05) is 42.6 Å². The average molecular weight is 485 g/mol. The third-order valence-corrected chi connectivity index (χ3v) is 5.94. The molecule has 0 aliphatic carbocycles. The van der Waals surface area contributed by atoms with Crippen LogP contribution in [0.2, 0.25) is 0 Å². The Bertz CT molecular complexity index is 1530. The Morgan fingerprint density at radius 1 is 1.00 bits per heavy atom. The van der Waals surface area contributed by atoms with Crippen molar-refractivity contribution >= 4 is 43.8 Å². The van der Waals surface area contributed by atoms with E-state index in [1.54, 1.807) is 12.3 Å². The Morgan fingerprint density at radius 2 is 1.84 bits per heavy atom. The summed E-state index contributed by atoms with van der Waals surface area (Å²) in [5.74, 6) is 0.660. The molecule has 0 amide bonds. The largest absolute Gasteiger partial charge is 0.316 e. The van der Waals surface area contributed by atoms with E-state index >= 15 is 0 Å². The van der Waals surface area contributed by atoms with Crippen molar-refractivity contribution in [2.24, 2.45) is 5.10 Å². The zero-order chi connectivity index (χ0) is 22.1. The highest BCUT2D eigenvalue weighted by Gasteiger charge is 2.11. The minimum Gasteiger partial charge on any atom is -0.316 e. The number of aryl methyl sites for hydroxylation is 1. The molecule has 2 heterocycles. The van der Waals surface area contributed by atoms with Crippen molar-refractivity contribution in [3.05, 3.63) is 105 Å². The first kappa shape index (κ1) is 20.4. The molecule has 158 valence electrons. The van der Waals surface area contributed by atoms with Crippen LogP contribution in [0.1, 0.15) is 24.9 Å². The van der Waals surface area contributed by atoms with Gasteiger partial charge in [0.1, 0.15) is 5.82 Å². The number of hydrogen-bond acceptors (Lipinski definition) is 3. The van der Waals surface area contributed by atoms with Crippen LogP contribution in [0.15, 0.2) is 93.4 Å². The summed E-state index contributed by atoms with van der Waals surface area (Å²) in [6, 6.07) is 24.1. The molecule has 0 spiro atoms. The second-order valence-corrected chi connectivity index (χ2v) is 8.55. The molecule has 3 aromatic carbocycles. The fraction of sp³-hybridized carbons (Fsp3) is 0.115. The Hall–Kier alpha value is -3.51. The number of halogens is 1. The minimum absolute atomic E-state index is 0.167. The van der Waals surface area contributed by atoms with Gasteiger partial charge in [-0.1, -0.05) is 53.2 Å². The van der Waals surface area contributed by atoms with Crippen LogP contribution < -0.4 is 5.56 Å². The van der Waals surface area contributed by atoms with Crippen LogP contribution in [-0.2, 0) is 6.42 Å². The molecule has 0 unspecified atom stereocenters. The van der Waals surface area contributed by atoms with Crippen molar-refractivity contribution < 1.29 is 0 Å². The van der Waals surface area contributed by atoms with Crippen molar-refractivity contribution in [1.29, 1.82) is 0 Å². The van der Waals surface area contributed by atoms with E-state index in [9.17, 15) is 4.79 Å². The topological polar surface area (TPSA) is 52.2 Å². The lowest BCUT2D eigenvalue weighted by Crippen LogP contribution is -2.22. The quantitative estimate of drug-likeness (QED) is 0.290. The Labute approximate surface area is 193 Å². The number of rotatable bonds is 5. The van der Waals surface area contributed by atoms with Gasteiger partial charge in [-0.05, 0) is 59.7 Å². The maximum atomic E-state index is 13.2. The fourth-order valence-corrected chi connectivity index (χ4v) is 4.24. The predicted octanol–water partition coefficient (Wildman–Crippen LogP) is 5.94. The molecule has 0 bridgehead atoms. The lowest BCUT2D eigenvalue weighted by molar-refractivity contribution is 0.703. The molecule has 0 fully saturated rings. The van der Waals surface area contributed by atoms with Gasteiger partial charge in [-0.25, -0.2) is 4.98 Å². The Kier molecular flexibility index (Phi) is 5.45. The van der Waals surface area contributed by atoms with E-state index in [2.05, 4.69) is 62.9 Å². The van der Waals surface area contributed by atoms with E-state index in [1.165, 1.54) is 15.4 Å². The first-order chi connectivity index (χ1) is 15.6. The first-order valence-corrected chi connectivity index (χ1v) is 11.4. The molecule has 0 saturated carbocycles. The normalized spacial score (nSPS) is 11.7. The molecule has 0 atom stereocenters. The molecule has 5 nitrogen and oxygen atoms in total. The van der Waals surface area contributed by atoms with Crippen molar-refractivity contribution in [1.82, 2.24) is 14.2 Å². The van der Waals surface area contributed by atoms with Crippen molar-refractivity contribution in [3.63, 3.8) is 0 Å². The molecule has 0 aliphatic rings. The summed E-state index contributed by atoms with van der Waals surface area (Å²) in [6.45, 7) is 2.07. The van der Waals surface area contributed by atoms with Gasteiger partial charge in [-0.3, -0.25) is 4.79 Å². The average Bonchev–Trinajstić information content (AvgIpc) is 3.28. The van der Waals surface area contributed by atoms with E-state index in [4.69, 9.17) is 4.98 Å². The molecule has 5 rings (SSSR count). The van der Waals surface area contributed by atoms with Gasteiger partial charge in [0.25, 0.3) is 5.56 Å². The fourth-order valence-electron chi connectivity index (χ4n) is 3.88. The van der Waals surface area contributed by atoms with Gasteiger partial charge < -0.3 is 4.57 Å². The smallest absolute Gasteiger partial charge is 0.282 e. The summed E-state index contributed by atoms with van der Waals surface area (Å²) in [4.78, 5) is 17.9. The van der Waals surface area contributed by atoms with Gasteiger partial charge in [0.2, 0.25) is 0 Å². The van der Waals surface area contributed by atoms with E-state index in [-0.39, 0.29) is 5.56 Å². The zero-order valence-corrected chi connectivity index (χ0v) is 19.2. The highest BCUT2D eigenvalue weighted by molar-refractivity contribution is 9.10. The third kappa shape index (κ3) is 3.78. The lowest BCUT2D eigenvalue weighted by atomic mass is 10.1. The first-order valence-electron chi connectivity index (χ1n) is 10.6. The van der Waals surface area contributed by atoms with Crippen molar-refractivity contribution in [2.75, 3.05) is 0 Å². The van der Waals surface area contributed by atoms with Crippen molar-refractivity contribution in [2.45, 2.75) is 19.8 Å². The van der Waals surface area contributed by atoms with Gasteiger partial charge in [-0.15, -0.1) is 0 Å². The van der Waals surface area contributed by atoms with Crippen molar-refractivity contribution in [3.8, 4) is 5.69 Å². The molecular formula is C26H21BrN4O. The van der Waals surface area contributed by atoms with Crippen LogP contribution in [0.4, 0.5) is 0 Å². The maximum Gasteiger partial charge on any atom is 0.282 e. The number of fused-ring (bicyclic) bond motifs is 2. The van der Waals surface area contributed by atoms with Crippen LogP contribution in [0.25, 0.3) is 27.4 Å². The second kappa shape index (κ2) is 8.55. The van der Waals surface area contributed by atoms with Gasteiger partial charge in [0.15, 0.2) is 0 Å². The van der Waals surface area contributed by atoms with E-state index < -0.39 is 0 Å². The summed E-state index contributed by atoms with van der Waals surface area (Å²) >= 11 is 3.45. The van der Waals surface area contributed by atoms with Crippen LogP contribution in [0.3, 0.4) is 0 Å². The monoisotopic (exact) mass is 484 g/mol. The minimum atomic E-state index is -0.167. The van der Waals surface area contributed by atoms with Crippen LogP contribution in [0.5, 0.6) is 0 Å². The van der Waals surface area contributed by atoms with E-state index in [0.29, 0.717) is 23.1 Å². The van der Waals surface area contributed by atoms with Crippen LogP contribution in [-0.4, -0.2) is 20.4 Å². The summed E-state index contributed by atoms with van der Waals surface area (Å²) in [7, 11) is 0. The summed E-state index contributed by atoms with van der Waals surface area (Å²) in [5.41, 5.74) is 2.44. The molecule has 0 radical (unpaired) electrons. The second-order valence-electron chi connectivity index (χ2n) is 7.64. The molecule has 2 aromatic heterocycles. The number of hydrogen-bond donors (Lipinski definition) is 0. The summed E-state index contributed by atoms with van der Waals surface area (Å²) in [6.07, 6.45) is 5.26. The maximum absolute atomic E-state index is 13.2. The molecule has 0 aliphatic heterocycles. The lowest BCUT2D eigenvalue weighted by Gasteiger charge is -2.10. The molecular weight excluding hydrogens is 464 g/mol. The number of benzene rings is 3. The number of nitrogens with zero attached hydrogens (tertiary/aromatic N) is 4. The molecule has 32 heavy (non-hydrogen) atoms. The molecule has 5 aromatic rings. The van der Waals surface area contributed by atoms with Gasteiger partial charge >= 0.3 is 0 Å². The predicted molar refractivity (Wildman–Crippen MR) is 134 cm³/mol. The SMILES string of the molecule is CCCc1nc2ccc(Br)cc2c(=O)n1N=Cc1cccn1-c1ccc2ccccc2c1. The zero-order valence-electron chi connectivity index (χ0n) is 17.6.